The van der Waals surface area contributed by atoms with Crippen LogP contribution in [0.5, 0.6) is 0 Å². The molecule has 2 heteroatoms. The third-order valence-corrected chi connectivity index (χ3v) is 3.62. The van der Waals surface area contributed by atoms with Crippen LogP contribution in [0.1, 0.15) is 31.2 Å². The molecule has 1 aromatic carbocycles. The van der Waals surface area contributed by atoms with Gasteiger partial charge in [-0.15, -0.1) is 0 Å². The van der Waals surface area contributed by atoms with Gasteiger partial charge < -0.3 is 10.1 Å². The van der Waals surface area contributed by atoms with Crippen LogP contribution in [-0.4, -0.2) is 25.8 Å². The van der Waals surface area contributed by atoms with Crippen molar-refractivity contribution in [1.82, 2.24) is 5.32 Å². The highest BCUT2D eigenvalue weighted by molar-refractivity contribution is 5.14. The minimum Gasteiger partial charge on any atom is -0.377 e. The van der Waals surface area contributed by atoms with Crippen molar-refractivity contribution in [3.05, 3.63) is 35.9 Å². The average Bonchev–Trinajstić information content (AvgIpc) is 2.42. The van der Waals surface area contributed by atoms with Gasteiger partial charge in [-0.2, -0.15) is 0 Å². The first-order chi connectivity index (χ1) is 8.40. The van der Waals surface area contributed by atoms with E-state index < -0.39 is 0 Å². The molecule has 0 saturated carbocycles. The van der Waals surface area contributed by atoms with Crippen LogP contribution in [0.2, 0.25) is 0 Å². The van der Waals surface area contributed by atoms with Gasteiger partial charge in [-0.1, -0.05) is 30.3 Å². The molecule has 1 aliphatic heterocycles. The third-order valence-electron chi connectivity index (χ3n) is 3.62. The van der Waals surface area contributed by atoms with Crippen molar-refractivity contribution in [2.24, 2.45) is 0 Å². The average molecular weight is 233 g/mol. The van der Waals surface area contributed by atoms with E-state index in [9.17, 15) is 0 Å². The highest BCUT2D eigenvalue weighted by atomic mass is 16.5. The van der Waals surface area contributed by atoms with Crippen LogP contribution in [0.25, 0.3) is 0 Å². The molecule has 1 fully saturated rings. The summed E-state index contributed by atoms with van der Waals surface area (Å²) in [6, 6.07) is 11.2. The summed E-state index contributed by atoms with van der Waals surface area (Å²) >= 11 is 0. The molecular weight excluding hydrogens is 210 g/mol. The molecule has 0 aliphatic carbocycles. The minimum absolute atomic E-state index is 0.414. The van der Waals surface area contributed by atoms with Crippen LogP contribution in [0, 0.1) is 0 Å². The van der Waals surface area contributed by atoms with Crippen molar-refractivity contribution >= 4 is 0 Å². The van der Waals surface area contributed by atoms with E-state index in [1.807, 2.05) is 7.05 Å². The van der Waals surface area contributed by atoms with Crippen molar-refractivity contribution in [2.45, 2.75) is 44.2 Å². The highest BCUT2D eigenvalue weighted by Gasteiger charge is 2.22. The molecule has 1 aliphatic rings. The molecule has 2 unspecified atom stereocenters. The standard InChI is InChI=1S/C15H23NO/c1-16-14(15-9-5-6-12-17-15)11-10-13-7-3-2-4-8-13/h2-4,7-8,14-16H,5-6,9-12H2,1H3. The van der Waals surface area contributed by atoms with Crippen LogP contribution in [-0.2, 0) is 11.2 Å². The lowest BCUT2D eigenvalue weighted by Gasteiger charge is -2.30. The molecule has 2 atom stereocenters. The van der Waals surface area contributed by atoms with Crippen molar-refractivity contribution in [2.75, 3.05) is 13.7 Å². The quantitative estimate of drug-likeness (QED) is 0.844. The Kier molecular flexibility index (Phi) is 5.02. The van der Waals surface area contributed by atoms with Crippen molar-refractivity contribution < 1.29 is 4.74 Å². The van der Waals surface area contributed by atoms with Gasteiger partial charge in [0.25, 0.3) is 0 Å². The van der Waals surface area contributed by atoms with Gasteiger partial charge in [0.2, 0.25) is 0 Å². The predicted molar refractivity (Wildman–Crippen MR) is 71.2 cm³/mol. The van der Waals surface area contributed by atoms with Gasteiger partial charge in [0.05, 0.1) is 6.10 Å². The second-order valence-corrected chi connectivity index (χ2v) is 4.82. The topological polar surface area (TPSA) is 21.3 Å². The van der Waals surface area contributed by atoms with E-state index in [1.54, 1.807) is 0 Å². The van der Waals surface area contributed by atoms with E-state index in [0.29, 0.717) is 12.1 Å². The summed E-state index contributed by atoms with van der Waals surface area (Å²) in [4.78, 5) is 0. The van der Waals surface area contributed by atoms with E-state index in [4.69, 9.17) is 4.74 Å². The first-order valence-corrected chi connectivity index (χ1v) is 6.73. The summed E-state index contributed by atoms with van der Waals surface area (Å²) in [6.07, 6.45) is 6.45. The van der Waals surface area contributed by atoms with E-state index in [0.717, 1.165) is 19.4 Å². The lowest BCUT2D eigenvalue weighted by atomic mass is 9.96. The number of hydrogen-bond acceptors (Lipinski definition) is 2. The zero-order valence-electron chi connectivity index (χ0n) is 10.7. The molecule has 1 N–H and O–H groups in total. The van der Waals surface area contributed by atoms with Gasteiger partial charge in [0.15, 0.2) is 0 Å². The first kappa shape index (κ1) is 12.6. The normalized spacial score (nSPS) is 22.3. The Morgan fingerprint density at radius 1 is 1.29 bits per heavy atom. The number of ether oxygens (including phenoxy) is 1. The second kappa shape index (κ2) is 6.77. The molecule has 94 valence electrons. The van der Waals surface area contributed by atoms with Gasteiger partial charge in [-0.3, -0.25) is 0 Å². The molecule has 0 spiro atoms. The second-order valence-electron chi connectivity index (χ2n) is 4.82. The summed E-state index contributed by atoms with van der Waals surface area (Å²) in [5.74, 6) is 0. The van der Waals surface area contributed by atoms with Crippen LogP contribution >= 0.6 is 0 Å². The molecule has 0 aromatic heterocycles. The Bertz CT molecular complexity index is 306. The molecular formula is C15H23NO. The molecule has 2 rings (SSSR count). The maximum Gasteiger partial charge on any atom is 0.0728 e. The summed E-state index contributed by atoms with van der Waals surface area (Å²) in [7, 11) is 2.05. The van der Waals surface area contributed by atoms with Crippen LogP contribution in [0.4, 0.5) is 0 Å². The largest absolute Gasteiger partial charge is 0.377 e. The maximum absolute atomic E-state index is 5.86. The van der Waals surface area contributed by atoms with E-state index in [1.165, 1.54) is 24.8 Å². The van der Waals surface area contributed by atoms with E-state index in [-0.39, 0.29) is 0 Å². The lowest BCUT2D eigenvalue weighted by molar-refractivity contribution is -0.00760. The van der Waals surface area contributed by atoms with Crippen LogP contribution in [0.3, 0.4) is 0 Å². The molecule has 0 amide bonds. The number of likely N-dealkylation sites (N-methyl/N-ethyl adjacent to an activating group) is 1. The molecule has 1 saturated heterocycles. The Hall–Kier alpha value is -0.860. The number of benzene rings is 1. The van der Waals surface area contributed by atoms with Gasteiger partial charge in [0.1, 0.15) is 0 Å². The summed E-state index contributed by atoms with van der Waals surface area (Å²) in [5, 5.41) is 3.42. The monoisotopic (exact) mass is 233 g/mol. The number of aryl methyl sites for hydroxylation is 1. The van der Waals surface area contributed by atoms with Crippen molar-refractivity contribution in [3.8, 4) is 0 Å². The van der Waals surface area contributed by atoms with Gasteiger partial charge in [0, 0.05) is 12.6 Å². The van der Waals surface area contributed by atoms with Gasteiger partial charge >= 0.3 is 0 Å². The van der Waals surface area contributed by atoms with Crippen LogP contribution < -0.4 is 5.32 Å². The summed E-state index contributed by atoms with van der Waals surface area (Å²) in [5.41, 5.74) is 1.42. The van der Waals surface area contributed by atoms with Gasteiger partial charge in [-0.25, -0.2) is 0 Å². The summed E-state index contributed by atoms with van der Waals surface area (Å²) < 4.78 is 5.86. The maximum atomic E-state index is 5.86. The fourth-order valence-electron chi connectivity index (χ4n) is 2.57. The fraction of sp³-hybridized carbons (Fsp3) is 0.600. The lowest BCUT2D eigenvalue weighted by Crippen LogP contribution is -2.41. The zero-order valence-corrected chi connectivity index (χ0v) is 10.7. The van der Waals surface area contributed by atoms with E-state index in [2.05, 4.69) is 35.6 Å². The summed E-state index contributed by atoms with van der Waals surface area (Å²) in [6.45, 7) is 0.939. The third kappa shape index (κ3) is 3.83. The number of hydrogen-bond donors (Lipinski definition) is 1. The van der Waals surface area contributed by atoms with Crippen molar-refractivity contribution in [3.63, 3.8) is 0 Å². The predicted octanol–water partition coefficient (Wildman–Crippen LogP) is 2.78. The Labute approximate surface area is 104 Å². The molecule has 1 aromatic rings. The zero-order chi connectivity index (χ0) is 11.9. The SMILES string of the molecule is CNC(CCc1ccccc1)C1CCCCO1. The molecule has 2 nitrogen and oxygen atoms in total. The molecule has 0 radical (unpaired) electrons. The smallest absolute Gasteiger partial charge is 0.0728 e. The number of rotatable bonds is 5. The number of nitrogens with one attached hydrogen (secondary N) is 1. The highest BCUT2D eigenvalue weighted by Crippen LogP contribution is 2.18. The molecule has 0 bridgehead atoms. The van der Waals surface area contributed by atoms with Gasteiger partial charge in [-0.05, 0) is 44.7 Å². The van der Waals surface area contributed by atoms with E-state index >= 15 is 0 Å². The van der Waals surface area contributed by atoms with Crippen molar-refractivity contribution in [1.29, 1.82) is 0 Å². The Balaban J connectivity index is 1.82. The first-order valence-electron chi connectivity index (χ1n) is 6.73. The Morgan fingerprint density at radius 3 is 2.76 bits per heavy atom. The molecule has 1 heterocycles. The minimum atomic E-state index is 0.414. The van der Waals surface area contributed by atoms with Crippen LogP contribution in [0.15, 0.2) is 30.3 Å². The Morgan fingerprint density at radius 2 is 2.12 bits per heavy atom. The molecule has 17 heavy (non-hydrogen) atoms. The fourth-order valence-corrected chi connectivity index (χ4v) is 2.57.